The molecular formula is C10H9FOS. The lowest BCUT2D eigenvalue weighted by Gasteiger charge is -1.94. The number of hydrogen-bond donors (Lipinski definition) is 1. The van der Waals surface area contributed by atoms with Crippen LogP contribution in [0, 0.1) is 12.7 Å². The highest BCUT2D eigenvalue weighted by Crippen LogP contribution is 2.29. The molecule has 1 N–H and O–H groups in total. The molecule has 0 atom stereocenters. The van der Waals surface area contributed by atoms with Gasteiger partial charge in [0.2, 0.25) is 0 Å². The summed E-state index contributed by atoms with van der Waals surface area (Å²) in [6.45, 7) is 1.91. The molecule has 1 aromatic heterocycles. The Morgan fingerprint density at radius 3 is 2.85 bits per heavy atom. The quantitative estimate of drug-likeness (QED) is 0.743. The zero-order valence-electron chi connectivity index (χ0n) is 7.17. The van der Waals surface area contributed by atoms with Crippen LogP contribution in [0.3, 0.4) is 0 Å². The van der Waals surface area contributed by atoms with E-state index in [2.05, 4.69) is 0 Å². The number of thiophene rings is 1. The molecule has 0 saturated carbocycles. The van der Waals surface area contributed by atoms with Gasteiger partial charge in [0.15, 0.2) is 0 Å². The van der Waals surface area contributed by atoms with Crippen LogP contribution in [0.25, 0.3) is 10.1 Å². The maximum Gasteiger partial charge on any atom is 0.124 e. The van der Waals surface area contributed by atoms with Crippen molar-refractivity contribution < 1.29 is 9.50 Å². The maximum absolute atomic E-state index is 13.0. The van der Waals surface area contributed by atoms with E-state index in [4.69, 9.17) is 5.11 Å². The normalized spacial score (nSPS) is 11.0. The fraction of sp³-hybridized carbons (Fsp3) is 0.200. The van der Waals surface area contributed by atoms with E-state index < -0.39 is 0 Å². The molecule has 0 aliphatic rings. The van der Waals surface area contributed by atoms with E-state index in [1.54, 1.807) is 0 Å². The van der Waals surface area contributed by atoms with Crippen LogP contribution in [-0.4, -0.2) is 5.11 Å². The third-order valence-corrected chi connectivity index (χ3v) is 3.24. The molecule has 1 heterocycles. The zero-order valence-corrected chi connectivity index (χ0v) is 7.99. The van der Waals surface area contributed by atoms with Gasteiger partial charge in [-0.3, -0.25) is 0 Å². The first-order valence-corrected chi connectivity index (χ1v) is 4.82. The Balaban J connectivity index is 2.75. The summed E-state index contributed by atoms with van der Waals surface area (Å²) in [6, 6.07) is 4.84. The second-order valence-corrected chi connectivity index (χ2v) is 4.15. The molecule has 0 bridgehead atoms. The number of hydrogen-bond acceptors (Lipinski definition) is 2. The van der Waals surface area contributed by atoms with Crippen LogP contribution in [0.1, 0.15) is 10.4 Å². The Morgan fingerprint density at radius 1 is 1.38 bits per heavy atom. The summed E-state index contributed by atoms with van der Waals surface area (Å²) >= 11 is 1.52. The fourth-order valence-corrected chi connectivity index (χ4v) is 2.38. The first-order chi connectivity index (χ1) is 6.20. The molecule has 0 fully saturated rings. The monoisotopic (exact) mass is 196 g/mol. The van der Waals surface area contributed by atoms with Crippen molar-refractivity contribution in [2.45, 2.75) is 13.5 Å². The van der Waals surface area contributed by atoms with Gasteiger partial charge >= 0.3 is 0 Å². The molecule has 2 aromatic rings. The van der Waals surface area contributed by atoms with Crippen molar-refractivity contribution in [2.75, 3.05) is 0 Å². The smallest absolute Gasteiger partial charge is 0.124 e. The third-order valence-electron chi connectivity index (χ3n) is 1.97. The standard InChI is InChI=1S/C10H9FOS/c1-6-2-8(11)3-7-4-9(5-12)13-10(6)7/h2-4,12H,5H2,1H3. The number of aryl methyl sites for hydroxylation is 1. The van der Waals surface area contributed by atoms with Gasteiger partial charge in [0, 0.05) is 9.58 Å². The van der Waals surface area contributed by atoms with Crippen LogP contribution in [0.4, 0.5) is 4.39 Å². The summed E-state index contributed by atoms with van der Waals surface area (Å²) in [6.07, 6.45) is 0. The van der Waals surface area contributed by atoms with Gasteiger partial charge in [0.1, 0.15) is 5.82 Å². The Labute approximate surface area is 79.4 Å². The summed E-state index contributed by atoms with van der Waals surface area (Å²) < 4.78 is 14.0. The molecule has 0 saturated heterocycles. The SMILES string of the molecule is Cc1cc(F)cc2cc(CO)sc12. The summed E-state index contributed by atoms with van der Waals surface area (Å²) in [5.74, 6) is -0.215. The lowest BCUT2D eigenvalue weighted by atomic mass is 10.2. The van der Waals surface area contributed by atoms with E-state index in [-0.39, 0.29) is 12.4 Å². The molecule has 3 heteroatoms. The average Bonchev–Trinajstić information content (AvgIpc) is 2.47. The summed E-state index contributed by atoms with van der Waals surface area (Å²) in [4.78, 5) is 0.878. The average molecular weight is 196 g/mol. The van der Waals surface area contributed by atoms with E-state index in [9.17, 15) is 4.39 Å². The van der Waals surface area contributed by atoms with E-state index in [0.717, 1.165) is 20.5 Å². The van der Waals surface area contributed by atoms with E-state index in [1.165, 1.54) is 23.5 Å². The first-order valence-electron chi connectivity index (χ1n) is 4.00. The number of aliphatic hydroxyl groups is 1. The van der Waals surface area contributed by atoms with Crippen LogP contribution in [0.15, 0.2) is 18.2 Å². The lowest BCUT2D eigenvalue weighted by Crippen LogP contribution is -1.76. The molecule has 13 heavy (non-hydrogen) atoms. The number of fused-ring (bicyclic) bond motifs is 1. The zero-order chi connectivity index (χ0) is 9.42. The molecule has 0 aliphatic heterocycles. The summed E-state index contributed by atoms with van der Waals surface area (Å²) in [5, 5.41) is 9.80. The van der Waals surface area contributed by atoms with Crippen molar-refractivity contribution in [3.8, 4) is 0 Å². The van der Waals surface area contributed by atoms with Gasteiger partial charge in [-0.2, -0.15) is 0 Å². The van der Waals surface area contributed by atoms with Gasteiger partial charge < -0.3 is 5.11 Å². The molecule has 0 spiro atoms. The molecule has 0 amide bonds. The van der Waals surface area contributed by atoms with Crippen LogP contribution < -0.4 is 0 Å². The molecule has 68 valence electrons. The van der Waals surface area contributed by atoms with Crippen molar-refractivity contribution in [3.05, 3.63) is 34.5 Å². The Kier molecular flexibility index (Phi) is 2.06. The van der Waals surface area contributed by atoms with Gasteiger partial charge in [-0.25, -0.2) is 4.39 Å². The highest BCUT2D eigenvalue weighted by Gasteiger charge is 2.05. The second-order valence-electron chi connectivity index (χ2n) is 3.01. The summed E-state index contributed by atoms with van der Waals surface area (Å²) in [7, 11) is 0. The van der Waals surface area contributed by atoms with Crippen molar-refractivity contribution in [1.82, 2.24) is 0 Å². The van der Waals surface area contributed by atoms with Gasteiger partial charge in [0.05, 0.1) is 6.61 Å². The lowest BCUT2D eigenvalue weighted by molar-refractivity contribution is 0.285. The van der Waals surface area contributed by atoms with Crippen molar-refractivity contribution >= 4 is 21.4 Å². The molecule has 0 unspecified atom stereocenters. The number of benzene rings is 1. The molecule has 0 aliphatic carbocycles. The van der Waals surface area contributed by atoms with Gasteiger partial charge in [-0.05, 0) is 36.1 Å². The van der Waals surface area contributed by atoms with Crippen LogP contribution in [-0.2, 0) is 6.61 Å². The fourth-order valence-electron chi connectivity index (χ4n) is 1.41. The number of aliphatic hydroxyl groups excluding tert-OH is 1. The largest absolute Gasteiger partial charge is 0.391 e. The molecule has 1 aromatic carbocycles. The van der Waals surface area contributed by atoms with Crippen molar-refractivity contribution in [1.29, 1.82) is 0 Å². The minimum absolute atomic E-state index is 0.0282. The Bertz CT molecular complexity index is 447. The second kappa shape index (κ2) is 3.09. The van der Waals surface area contributed by atoms with E-state index >= 15 is 0 Å². The Morgan fingerprint density at radius 2 is 2.15 bits per heavy atom. The van der Waals surface area contributed by atoms with Gasteiger partial charge in [0.25, 0.3) is 0 Å². The van der Waals surface area contributed by atoms with E-state index in [1.807, 2.05) is 13.0 Å². The van der Waals surface area contributed by atoms with Crippen molar-refractivity contribution in [2.24, 2.45) is 0 Å². The molecular weight excluding hydrogens is 187 g/mol. The van der Waals surface area contributed by atoms with Crippen molar-refractivity contribution in [3.63, 3.8) is 0 Å². The Hall–Kier alpha value is -0.930. The van der Waals surface area contributed by atoms with Gasteiger partial charge in [-0.1, -0.05) is 0 Å². The molecule has 0 radical (unpaired) electrons. The number of rotatable bonds is 1. The third kappa shape index (κ3) is 1.45. The van der Waals surface area contributed by atoms with E-state index in [0.29, 0.717) is 0 Å². The predicted octanol–water partition coefficient (Wildman–Crippen LogP) is 2.84. The minimum Gasteiger partial charge on any atom is -0.391 e. The minimum atomic E-state index is -0.215. The van der Waals surface area contributed by atoms with Crippen LogP contribution in [0.5, 0.6) is 0 Å². The predicted molar refractivity (Wildman–Crippen MR) is 52.4 cm³/mol. The van der Waals surface area contributed by atoms with Gasteiger partial charge in [-0.15, -0.1) is 11.3 Å². The maximum atomic E-state index is 13.0. The highest BCUT2D eigenvalue weighted by atomic mass is 32.1. The molecule has 1 nitrogen and oxygen atoms in total. The van der Waals surface area contributed by atoms with Crippen LogP contribution >= 0.6 is 11.3 Å². The number of halogens is 1. The highest BCUT2D eigenvalue weighted by molar-refractivity contribution is 7.19. The topological polar surface area (TPSA) is 20.2 Å². The first kappa shape index (κ1) is 8.66. The molecule has 2 rings (SSSR count). The summed E-state index contributed by atoms with van der Waals surface area (Å²) in [5.41, 5.74) is 0.930. The van der Waals surface area contributed by atoms with Crippen LogP contribution in [0.2, 0.25) is 0 Å².